The van der Waals surface area contributed by atoms with Gasteiger partial charge < -0.3 is 14.4 Å². The molecule has 1 aromatic heterocycles. The Labute approximate surface area is 160 Å². The predicted molar refractivity (Wildman–Crippen MR) is 99.2 cm³/mol. The first-order chi connectivity index (χ1) is 13.1. The molecule has 0 spiro atoms. The lowest BCUT2D eigenvalue weighted by Gasteiger charge is -2.11. The van der Waals surface area contributed by atoms with E-state index in [1.165, 1.54) is 23.9 Å². The van der Waals surface area contributed by atoms with E-state index in [1.54, 1.807) is 48.0 Å². The summed E-state index contributed by atoms with van der Waals surface area (Å²) in [5.74, 6) is 0.0358. The summed E-state index contributed by atoms with van der Waals surface area (Å²) >= 11 is 1.29. The smallest absolute Gasteiger partial charge is 0.191 e. The molecular weight excluding hydrogens is 372 g/mol. The van der Waals surface area contributed by atoms with Gasteiger partial charge in [0, 0.05) is 18.4 Å². The van der Waals surface area contributed by atoms with Crippen LogP contribution in [0.15, 0.2) is 53.7 Å². The minimum atomic E-state index is -0.754. The first kappa shape index (κ1) is 19.5. The topological polar surface area (TPSA) is 60.2 Å². The van der Waals surface area contributed by atoms with Crippen LogP contribution in [0.1, 0.15) is 5.56 Å². The summed E-state index contributed by atoms with van der Waals surface area (Å²) in [7, 11) is 1.74. The lowest BCUT2D eigenvalue weighted by molar-refractivity contribution is 0.0386. The van der Waals surface area contributed by atoms with Crippen molar-refractivity contribution in [3.63, 3.8) is 0 Å². The van der Waals surface area contributed by atoms with Crippen LogP contribution in [0.25, 0.3) is 11.4 Å². The van der Waals surface area contributed by atoms with Gasteiger partial charge in [0.2, 0.25) is 0 Å². The number of aromatic nitrogens is 3. The normalized spacial score (nSPS) is 12.3. The van der Waals surface area contributed by atoms with Gasteiger partial charge in [0.25, 0.3) is 0 Å². The van der Waals surface area contributed by atoms with Gasteiger partial charge in [-0.15, -0.1) is 10.2 Å². The van der Waals surface area contributed by atoms with Crippen LogP contribution < -0.4 is 0 Å². The fourth-order valence-corrected chi connectivity index (χ4v) is 3.27. The van der Waals surface area contributed by atoms with Gasteiger partial charge in [0.05, 0.1) is 24.9 Å². The third-order valence-electron chi connectivity index (χ3n) is 3.88. The molecule has 0 aliphatic carbocycles. The largest absolute Gasteiger partial charge is 0.390 e. The molecule has 3 aromatic rings. The van der Waals surface area contributed by atoms with Crippen molar-refractivity contribution in [3.05, 3.63) is 65.7 Å². The average Bonchev–Trinajstić information content (AvgIpc) is 3.02. The van der Waals surface area contributed by atoms with Crippen LogP contribution in [0.4, 0.5) is 8.78 Å². The van der Waals surface area contributed by atoms with Crippen LogP contribution >= 0.6 is 11.8 Å². The van der Waals surface area contributed by atoms with Gasteiger partial charge in [-0.25, -0.2) is 8.78 Å². The number of hydrogen-bond acceptors (Lipinski definition) is 5. The molecule has 0 saturated carbocycles. The third kappa shape index (κ3) is 4.91. The maximum atomic E-state index is 13.9. The minimum absolute atomic E-state index is 0.0688. The van der Waals surface area contributed by atoms with Gasteiger partial charge in [0.15, 0.2) is 11.0 Å². The Bertz CT molecular complexity index is 904. The maximum Gasteiger partial charge on any atom is 0.191 e. The quantitative estimate of drug-likeness (QED) is 0.596. The lowest BCUT2D eigenvalue weighted by atomic mass is 10.2. The Kier molecular flexibility index (Phi) is 6.54. The highest BCUT2D eigenvalue weighted by molar-refractivity contribution is 7.99. The van der Waals surface area contributed by atoms with Gasteiger partial charge in [-0.2, -0.15) is 0 Å². The number of rotatable bonds is 8. The van der Waals surface area contributed by atoms with E-state index in [2.05, 4.69) is 10.2 Å². The SMILES string of the molecule is Cn1c(SCC(O)COCc2ccccc2F)nnc1-c1ccccc1F. The molecule has 0 aliphatic rings. The zero-order chi connectivity index (χ0) is 19.2. The van der Waals surface area contributed by atoms with Gasteiger partial charge in [-0.1, -0.05) is 42.1 Å². The second-order valence-corrected chi connectivity index (χ2v) is 6.90. The molecule has 0 aliphatic heterocycles. The summed E-state index contributed by atoms with van der Waals surface area (Å²) in [6.45, 7) is 0.162. The number of ether oxygens (including phenoxy) is 1. The molecule has 0 bridgehead atoms. The number of benzene rings is 2. The first-order valence-corrected chi connectivity index (χ1v) is 9.31. The second-order valence-electron chi connectivity index (χ2n) is 5.92. The molecule has 0 saturated heterocycles. The number of nitrogens with zero attached hydrogens (tertiary/aromatic N) is 3. The van der Waals surface area contributed by atoms with E-state index in [1.807, 2.05) is 0 Å². The van der Waals surface area contributed by atoms with E-state index in [0.29, 0.717) is 27.9 Å². The van der Waals surface area contributed by atoms with E-state index < -0.39 is 6.10 Å². The van der Waals surface area contributed by atoms with E-state index >= 15 is 0 Å². The highest BCUT2D eigenvalue weighted by Gasteiger charge is 2.16. The van der Waals surface area contributed by atoms with Crippen molar-refractivity contribution < 1.29 is 18.6 Å². The summed E-state index contributed by atoms with van der Waals surface area (Å²) in [6, 6.07) is 12.7. The Morgan fingerprint density at radius 3 is 2.52 bits per heavy atom. The zero-order valence-electron chi connectivity index (χ0n) is 14.7. The van der Waals surface area contributed by atoms with Gasteiger partial charge >= 0.3 is 0 Å². The Morgan fingerprint density at radius 1 is 1.07 bits per heavy atom. The van der Waals surface area contributed by atoms with Crippen molar-refractivity contribution >= 4 is 11.8 Å². The number of thioether (sulfide) groups is 1. The Hall–Kier alpha value is -2.29. The molecule has 8 heteroatoms. The fourth-order valence-electron chi connectivity index (χ4n) is 2.46. The van der Waals surface area contributed by atoms with Crippen molar-refractivity contribution in [1.82, 2.24) is 14.8 Å². The Balaban J connectivity index is 1.51. The molecule has 0 fully saturated rings. The molecule has 1 heterocycles. The van der Waals surface area contributed by atoms with Crippen LogP contribution in [0, 0.1) is 11.6 Å². The van der Waals surface area contributed by atoms with E-state index in [9.17, 15) is 13.9 Å². The van der Waals surface area contributed by atoms with E-state index in [-0.39, 0.29) is 24.8 Å². The third-order valence-corrected chi connectivity index (χ3v) is 5.05. The minimum Gasteiger partial charge on any atom is -0.390 e. The van der Waals surface area contributed by atoms with Gasteiger partial charge in [0.1, 0.15) is 11.6 Å². The van der Waals surface area contributed by atoms with Gasteiger partial charge in [-0.3, -0.25) is 0 Å². The van der Waals surface area contributed by atoms with Crippen LogP contribution in [0.5, 0.6) is 0 Å². The summed E-state index contributed by atoms with van der Waals surface area (Å²) in [4.78, 5) is 0. The molecular formula is C19H19F2N3O2S. The maximum absolute atomic E-state index is 13.9. The summed E-state index contributed by atoms with van der Waals surface area (Å²) in [6.07, 6.45) is -0.754. The number of hydrogen-bond donors (Lipinski definition) is 1. The average molecular weight is 391 g/mol. The molecule has 5 nitrogen and oxygen atoms in total. The van der Waals surface area contributed by atoms with Crippen molar-refractivity contribution in [2.45, 2.75) is 17.9 Å². The molecule has 0 amide bonds. The van der Waals surface area contributed by atoms with Crippen LogP contribution in [0.2, 0.25) is 0 Å². The van der Waals surface area contributed by atoms with Gasteiger partial charge in [-0.05, 0) is 18.2 Å². The molecule has 1 atom stereocenters. The second kappa shape index (κ2) is 9.07. The summed E-state index contributed by atoms with van der Waals surface area (Å²) in [5.41, 5.74) is 0.813. The predicted octanol–water partition coefficient (Wildman–Crippen LogP) is 3.43. The standard InChI is InChI=1S/C19H19F2N3O2S/c1-24-18(15-7-3-5-9-17(15)21)22-23-19(24)27-12-14(25)11-26-10-13-6-2-4-8-16(13)20/h2-9,14,25H,10-12H2,1H3. The molecule has 0 radical (unpaired) electrons. The van der Waals surface area contributed by atoms with E-state index in [4.69, 9.17) is 4.74 Å². The first-order valence-electron chi connectivity index (χ1n) is 8.32. The number of aliphatic hydroxyl groups is 1. The zero-order valence-corrected chi connectivity index (χ0v) is 15.5. The molecule has 3 rings (SSSR count). The van der Waals surface area contributed by atoms with Crippen molar-refractivity contribution in [2.24, 2.45) is 7.05 Å². The highest BCUT2D eigenvalue weighted by atomic mass is 32.2. The van der Waals surface area contributed by atoms with Crippen LogP contribution in [-0.4, -0.2) is 38.3 Å². The number of aliphatic hydroxyl groups excluding tert-OH is 1. The van der Waals surface area contributed by atoms with Crippen molar-refractivity contribution in [1.29, 1.82) is 0 Å². The highest BCUT2D eigenvalue weighted by Crippen LogP contribution is 2.25. The molecule has 2 aromatic carbocycles. The molecule has 1 N–H and O–H groups in total. The fraction of sp³-hybridized carbons (Fsp3) is 0.263. The van der Waals surface area contributed by atoms with Crippen molar-refractivity contribution in [3.8, 4) is 11.4 Å². The van der Waals surface area contributed by atoms with Crippen LogP contribution in [0.3, 0.4) is 0 Å². The van der Waals surface area contributed by atoms with Crippen LogP contribution in [-0.2, 0) is 18.4 Å². The number of halogens is 2. The summed E-state index contributed by atoms with van der Waals surface area (Å²) in [5, 5.41) is 18.7. The monoisotopic (exact) mass is 391 g/mol. The molecule has 142 valence electrons. The molecule has 1 unspecified atom stereocenters. The lowest BCUT2D eigenvalue weighted by Crippen LogP contribution is -2.18. The Morgan fingerprint density at radius 2 is 1.78 bits per heavy atom. The summed E-state index contributed by atoms with van der Waals surface area (Å²) < 4.78 is 34.5. The molecule has 27 heavy (non-hydrogen) atoms. The van der Waals surface area contributed by atoms with Crippen molar-refractivity contribution in [2.75, 3.05) is 12.4 Å². The van der Waals surface area contributed by atoms with E-state index in [0.717, 1.165) is 0 Å².